The molecule has 0 aromatic carbocycles. The summed E-state index contributed by atoms with van der Waals surface area (Å²) in [5.74, 6) is 0.485. The molecule has 2 atom stereocenters. The average molecular weight is 285 g/mol. The number of sulfone groups is 1. The number of anilines is 1. The molecule has 0 saturated carbocycles. The Morgan fingerprint density at radius 1 is 1.58 bits per heavy atom. The molecule has 2 N–H and O–H groups in total. The Labute approximate surface area is 113 Å². The average Bonchev–Trinajstić information content (AvgIpc) is 2.38. The highest BCUT2D eigenvalue weighted by Crippen LogP contribution is 2.26. The molecule has 6 nitrogen and oxygen atoms in total. The van der Waals surface area contributed by atoms with Crippen molar-refractivity contribution in [3.63, 3.8) is 0 Å². The molecule has 1 aromatic heterocycles. The second-order valence-corrected chi connectivity index (χ2v) is 6.77. The molecule has 0 bridgehead atoms. The van der Waals surface area contributed by atoms with Gasteiger partial charge in [0.15, 0.2) is 9.84 Å². The summed E-state index contributed by atoms with van der Waals surface area (Å²) in [7, 11) is -3.31. The molecule has 0 amide bonds. The second-order valence-electron chi connectivity index (χ2n) is 4.79. The lowest BCUT2D eigenvalue weighted by Gasteiger charge is -2.39. The SMILES string of the molecule is CC1COC(CN)CN1c1ncccc1S(C)(=O)=O. The normalized spacial score (nSPS) is 24.5. The number of nitrogens with two attached hydrogens (primary N) is 1. The summed E-state index contributed by atoms with van der Waals surface area (Å²) in [6, 6.07) is 3.28. The molecule has 1 saturated heterocycles. The van der Waals surface area contributed by atoms with Gasteiger partial charge in [-0.25, -0.2) is 13.4 Å². The smallest absolute Gasteiger partial charge is 0.179 e. The molecule has 7 heteroatoms. The highest BCUT2D eigenvalue weighted by molar-refractivity contribution is 7.90. The van der Waals surface area contributed by atoms with Gasteiger partial charge in [-0.1, -0.05) is 0 Å². The van der Waals surface area contributed by atoms with E-state index < -0.39 is 9.84 Å². The van der Waals surface area contributed by atoms with Gasteiger partial charge < -0.3 is 15.4 Å². The summed E-state index contributed by atoms with van der Waals surface area (Å²) in [6.45, 7) is 3.45. The Hall–Kier alpha value is -1.18. The highest BCUT2D eigenvalue weighted by atomic mass is 32.2. The molecular weight excluding hydrogens is 266 g/mol. The van der Waals surface area contributed by atoms with Crippen LogP contribution in [0.2, 0.25) is 0 Å². The lowest BCUT2D eigenvalue weighted by Crippen LogP contribution is -2.51. The maximum Gasteiger partial charge on any atom is 0.179 e. The van der Waals surface area contributed by atoms with E-state index in [1.165, 1.54) is 6.26 Å². The third kappa shape index (κ3) is 3.05. The summed E-state index contributed by atoms with van der Waals surface area (Å²) in [5.41, 5.74) is 5.62. The predicted molar refractivity (Wildman–Crippen MR) is 72.9 cm³/mol. The third-order valence-corrected chi connectivity index (χ3v) is 4.31. The largest absolute Gasteiger partial charge is 0.373 e. The van der Waals surface area contributed by atoms with Crippen LogP contribution in [-0.4, -0.2) is 51.5 Å². The first-order chi connectivity index (χ1) is 8.93. The van der Waals surface area contributed by atoms with Gasteiger partial charge in [0.25, 0.3) is 0 Å². The van der Waals surface area contributed by atoms with E-state index in [-0.39, 0.29) is 17.0 Å². The van der Waals surface area contributed by atoms with Crippen molar-refractivity contribution >= 4 is 15.7 Å². The van der Waals surface area contributed by atoms with Gasteiger partial charge in [0.2, 0.25) is 0 Å². The van der Waals surface area contributed by atoms with Gasteiger partial charge in [-0.15, -0.1) is 0 Å². The minimum absolute atomic E-state index is 0.0678. The van der Waals surface area contributed by atoms with E-state index >= 15 is 0 Å². The van der Waals surface area contributed by atoms with Gasteiger partial charge in [-0.3, -0.25) is 0 Å². The van der Waals surface area contributed by atoms with Crippen molar-refractivity contribution in [1.29, 1.82) is 0 Å². The van der Waals surface area contributed by atoms with E-state index in [2.05, 4.69) is 4.98 Å². The van der Waals surface area contributed by atoms with Crippen LogP contribution in [0.4, 0.5) is 5.82 Å². The number of hydrogen-bond donors (Lipinski definition) is 1. The van der Waals surface area contributed by atoms with E-state index in [9.17, 15) is 8.42 Å². The summed E-state index contributed by atoms with van der Waals surface area (Å²) in [4.78, 5) is 6.44. The van der Waals surface area contributed by atoms with Crippen LogP contribution < -0.4 is 10.6 Å². The fraction of sp³-hybridized carbons (Fsp3) is 0.583. The lowest BCUT2D eigenvalue weighted by molar-refractivity contribution is 0.0278. The number of ether oxygens (including phenoxy) is 1. The van der Waals surface area contributed by atoms with E-state index in [1.54, 1.807) is 18.3 Å². The first-order valence-corrected chi connectivity index (χ1v) is 8.06. The van der Waals surface area contributed by atoms with Crippen LogP contribution in [0.3, 0.4) is 0 Å². The van der Waals surface area contributed by atoms with E-state index in [0.29, 0.717) is 25.5 Å². The second kappa shape index (κ2) is 5.44. The minimum atomic E-state index is -3.31. The van der Waals surface area contributed by atoms with E-state index in [0.717, 1.165) is 0 Å². The van der Waals surface area contributed by atoms with E-state index in [1.807, 2.05) is 11.8 Å². The number of aromatic nitrogens is 1. The summed E-state index contributed by atoms with van der Waals surface area (Å²) < 4.78 is 29.2. The standard InChI is InChI=1S/C12H19N3O3S/c1-9-8-18-10(6-13)7-15(9)12-11(19(2,16)17)4-3-5-14-12/h3-5,9-10H,6-8,13H2,1-2H3. The highest BCUT2D eigenvalue weighted by Gasteiger charge is 2.29. The fourth-order valence-corrected chi connectivity index (χ4v) is 2.97. The molecule has 2 unspecified atom stereocenters. The van der Waals surface area contributed by atoms with Crippen LogP contribution in [0.15, 0.2) is 23.2 Å². The number of hydrogen-bond acceptors (Lipinski definition) is 6. The minimum Gasteiger partial charge on any atom is -0.373 e. The molecule has 106 valence electrons. The molecule has 0 aliphatic carbocycles. The quantitative estimate of drug-likeness (QED) is 0.844. The van der Waals surface area contributed by atoms with Crippen molar-refractivity contribution in [1.82, 2.24) is 4.98 Å². The maximum absolute atomic E-state index is 11.8. The van der Waals surface area contributed by atoms with Crippen molar-refractivity contribution in [3.8, 4) is 0 Å². The topological polar surface area (TPSA) is 85.5 Å². The Morgan fingerprint density at radius 2 is 2.32 bits per heavy atom. The molecule has 1 aliphatic heterocycles. The molecule has 0 radical (unpaired) electrons. The van der Waals surface area contributed by atoms with Crippen molar-refractivity contribution in [2.24, 2.45) is 5.73 Å². The molecule has 1 aliphatic rings. The van der Waals surface area contributed by atoms with Crippen LogP contribution in [0, 0.1) is 0 Å². The van der Waals surface area contributed by atoms with Gasteiger partial charge in [0, 0.05) is 25.5 Å². The van der Waals surface area contributed by atoms with Crippen LogP contribution in [-0.2, 0) is 14.6 Å². The molecule has 2 heterocycles. The predicted octanol–water partition coefficient (Wildman–Crippen LogP) is 0.0375. The first-order valence-electron chi connectivity index (χ1n) is 6.17. The Balaban J connectivity index is 2.40. The number of morpholine rings is 1. The van der Waals surface area contributed by atoms with Crippen LogP contribution >= 0.6 is 0 Å². The zero-order valence-electron chi connectivity index (χ0n) is 11.1. The molecule has 1 aromatic rings. The van der Waals surface area contributed by atoms with Crippen LogP contribution in [0.25, 0.3) is 0 Å². The van der Waals surface area contributed by atoms with Gasteiger partial charge in [-0.05, 0) is 19.1 Å². The molecular formula is C12H19N3O3S. The summed E-state index contributed by atoms with van der Waals surface area (Å²) >= 11 is 0. The lowest BCUT2D eigenvalue weighted by atomic mass is 10.2. The zero-order chi connectivity index (χ0) is 14.0. The van der Waals surface area contributed by atoms with E-state index in [4.69, 9.17) is 10.5 Å². The number of pyridine rings is 1. The summed E-state index contributed by atoms with van der Waals surface area (Å²) in [5, 5.41) is 0. The monoisotopic (exact) mass is 285 g/mol. The maximum atomic E-state index is 11.8. The summed E-state index contributed by atoms with van der Waals surface area (Å²) in [6.07, 6.45) is 2.70. The van der Waals surface area contributed by atoms with Crippen molar-refractivity contribution in [2.75, 3.05) is 30.9 Å². The Kier molecular flexibility index (Phi) is 4.07. The van der Waals surface area contributed by atoms with Gasteiger partial charge in [0.05, 0.1) is 18.8 Å². The van der Waals surface area contributed by atoms with Crippen molar-refractivity contribution < 1.29 is 13.2 Å². The molecule has 2 rings (SSSR count). The van der Waals surface area contributed by atoms with Gasteiger partial charge in [-0.2, -0.15) is 0 Å². The van der Waals surface area contributed by atoms with Gasteiger partial charge in [0.1, 0.15) is 10.7 Å². The number of nitrogens with zero attached hydrogens (tertiary/aromatic N) is 2. The third-order valence-electron chi connectivity index (χ3n) is 3.19. The Morgan fingerprint density at radius 3 is 2.95 bits per heavy atom. The Bertz CT molecular complexity index is 547. The van der Waals surface area contributed by atoms with Crippen LogP contribution in [0.5, 0.6) is 0 Å². The molecule has 19 heavy (non-hydrogen) atoms. The van der Waals surface area contributed by atoms with Crippen LogP contribution in [0.1, 0.15) is 6.92 Å². The zero-order valence-corrected chi connectivity index (χ0v) is 11.9. The molecule has 1 fully saturated rings. The van der Waals surface area contributed by atoms with Crippen molar-refractivity contribution in [3.05, 3.63) is 18.3 Å². The first kappa shape index (κ1) is 14.2. The molecule has 0 spiro atoms. The van der Waals surface area contributed by atoms with Crippen molar-refractivity contribution in [2.45, 2.75) is 24.0 Å². The number of rotatable bonds is 3. The fourth-order valence-electron chi connectivity index (χ4n) is 2.14. The van der Waals surface area contributed by atoms with Gasteiger partial charge >= 0.3 is 0 Å².